The molecule has 2 aromatic rings. The summed E-state index contributed by atoms with van der Waals surface area (Å²) < 4.78 is 0. The highest BCUT2D eigenvalue weighted by Crippen LogP contribution is 2.31. The van der Waals surface area contributed by atoms with Crippen LogP contribution in [0.3, 0.4) is 0 Å². The molecule has 3 rings (SSSR count). The normalized spacial score (nSPS) is 14.9. The smallest absolute Gasteiger partial charge is 0.251 e. The lowest BCUT2D eigenvalue weighted by molar-refractivity contribution is -0.115. The topological polar surface area (TPSA) is 58.2 Å². The maximum Gasteiger partial charge on any atom is 0.251 e. The molecule has 0 aromatic heterocycles. The molecular formula is C20H22N2O2S. The minimum atomic E-state index is -0.126. The SMILES string of the molecule is CCC(NC(=O)c1ccc2c(c1)NC(=O)CCS2)c1ccc(C)cc1. The summed E-state index contributed by atoms with van der Waals surface area (Å²) in [5.41, 5.74) is 3.58. The Labute approximate surface area is 152 Å². The van der Waals surface area contributed by atoms with E-state index in [1.807, 2.05) is 19.1 Å². The van der Waals surface area contributed by atoms with Crippen LogP contribution in [-0.2, 0) is 4.79 Å². The molecule has 1 aliphatic heterocycles. The van der Waals surface area contributed by atoms with Gasteiger partial charge in [-0.2, -0.15) is 0 Å². The largest absolute Gasteiger partial charge is 0.345 e. The summed E-state index contributed by atoms with van der Waals surface area (Å²) in [6.07, 6.45) is 1.30. The molecule has 1 aliphatic rings. The van der Waals surface area contributed by atoms with E-state index in [9.17, 15) is 9.59 Å². The Morgan fingerprint density at radius 1 is 1.24 bits per heavy atom. The summed E-state index contributed by atoms with van der Waals surface area (Å²) in [5.74, 6) is 0.629. The van der Waals surface area contributed by atoms with Gasteiger partial charge in [0.05, 0.1) is 11.7 Å². The molecule has 2 amide bonds. The van der Waals surface area contributed by atoms with Crippen LogP contribution in [0.2, 0.25) is 0 Å². The molecule has 130 valence electrons. The number of hydrogen-bond acceptors (Lipinski definition) is 3. The third-order valence-electron chi connectivity index (χ3n) is 4.30. The number of thioether (sulfide) groups is 1. The predicted molar refractivity (Wildman–Crippen MR) is 102 cm³/mol. The number of aryl methyl sites for hydroxylation is 1. The van der Waals surface area contributed by atoms with Crippen molar-refractivity contribution in [3.8, 4) is 0 Å². The van der Waals surface area contributed by atoms with Crippen molar-refractivity contribution in [2.45, 2.75) is 37.6 Å². The predicted octanol–water partition coefficient (Wildman–Crippen LogP) is 4.31. The van der Waals surface area contributed by atoms with Crippen LogP contribution >= 0.6 is 11.8 Å². The highest BCUT2D eigenvalue weighted by atomic mass is 32.2. The van der Waals surface area contributed by atoms with Crippen LogP contribution in [0.5, 0.6) is 0 Å². The van der Waals surface area contributed by atoms with Crippen molar-refractivity contribution in [2.75, 3.05) is 11.1 Å². The second-order valence-corrected chi connectivity index (χ2v) is 7.34. The maximum absolute atomic E-state index is 12.7. The minimum Gasteiger partial charge on any atom is -0.345 e. The summed E-state index contributed by atoms with van der Waals surface area (Å²) in [5, 5.41) is 5.98. The Bertz CT molecular complexity index is 787. The van der Waals surface area contributed by atoms with E-state index < -0.39 is 0 Å². The van der Waals surface area contributed by atoms with Gasteiger partial charge in [-0.05, 0) is 37.1 Å². The van der Waals surface area contributed by atoms with Crippen molar-refractivity contribution < 1.29 is 9.59 Å². The lowest BCUT2D eigenvalue weighted by atomic mass is 10.0. The van der Waals surface area contributed by atoms with Crippen molar-refractivity contribution >= 4 is 29.3 Å². The van der Waals surface area contributed by atoms with Gasteiger partial charge >= 0.3 is 0 Å². The molecule has 1 atom stereocenters. The van der Waals surface area contributed by atoms with Gasteiger partial charge < -0.3 is 10.6 Å². The number of amides is 2. The third kappa shape index (κ3) is 4.23. The number of fused-ring (bicyclic) bond motifs is 1. The van der Waals surface area contributed by atoms with Gasteiger partial charge in [-0.1, -0.05) is 36.8 Å². The zero-order valence-electron chi connectivity index (χ0n) is 14.5. The van der Waals surface area contributed by atoms with Crippen molar-refractivity contribution in [2.24, 2.45) is 0 Å². The Morgan fingerprint density at radius 3 is 2.72 bits per heavy atom. The summed E-state index contributed by atoms with van der Waals surface area (Å²) in [4.78, 5) is 25.4. The maximum atomic E-state index is 12.7. The molecule has 1 heterocycles. The van der Waals surface area contributed by atoms with Crippen LogP contribution in [0, 0.1) is 6.92 Å². The molecule has 0 bridgehead atoms. The summed E-state index contributed by atoms with van der Waals surface area (Å²) in [7, 11) is 0. The van der Waals surface area contributed by atoms with E-state index in [0.717, 1.165) is 28.3 Å². The van der Waals surface area contributed by atoms with Crippen LogP contribution in [0.4, 0.5) is 5.69 Å². The van der Waals surface area contributed by atoms with Gasteiger partial charge in [-0.15, -0.1) is 11.8 Å². The molecule has 4 nitrogen and oxygen atoms in total. The van der Waals surface area contributed by atoms with Gasteiger partial charge in [0, 0.05) is 22.6 Å². The first-order valence-electron chi connectivity index (χ1n) is 8.51. The Hall–Kier alpha value is -2.27. The summed E-state index contributed by atoms with van der Waals surface area (Å²) in [6.45, 7) is 4.10. The van der Waals surface area contributed by atoms with E-state index in [0.29, 0.717) is 12.0 Å². The number of carbonyl (C=O) groups is 2. The van der Waals surface area contributed by atoms with Gasteiger partial charge in [0.15, 0.2) is 0 Å². The highest BCUT2D eigenvalue weighted by Gasteiger charge is 2.18. The van der Waals surface area contributed by atoms with Crippen LogP contribution < -0.4 is 10.6 Å². The molecule has 2 aromatic carbocycles. The fourth-order valence-electron chi connectivity index (χ4n) is 2.82. The van der Waals surface area contributed by atoms with Crippen LogP contribution in [0.15, 0.2) is 47.4 Å². The first-order chi connectivity index (χ1) is 12.1. The zero-order chi connectivity index (χ0) is 17.8. The Morgan fingerprint density at radius 2 is 2.00 bits per heavy atom. The van der Waals surface area contributed by atoms with Gasteiger partial charge in [0.2, 0.25) is 5.91 Å². The lowest BCUT2D eigenvalue weighted by Crippen LogP contribution is -2.28. The Kier molecular flexibility index (Phi) is 5.43. The van der Waals surface area contributed by atoms with E-state index in [2.05, 4.69) is 41.8 Å². The van der Waals surface area contributed by atoms with Crippen LogP contribution in [0.25, 0.3) is 0 Å². The molecular weight excluding hydrogens is 332 g/mol. The minimum absolute atomic E-state index is 0.00472. The number of anilines is 1. The molecule has 1 unspecified atom stereocenters. The van der Waals surface area contributed by atoms with E-state index in [-0.39, 0.29) is 17.9 Å². The molecule has 0 fully saturated rings. The van der Waals surface area contributed by atoms with Crippen molar-refractivity contribution in [3.05, 3.63) is 59.2 Å². The van der Waals surface area contributed by atoms with Gasteiger partial charge in [0.25, 0.3) is 5.91 Å². The molecule has 0 aliphatic carbocycles. The summed E-state index contributed by atoms with van der Waals surface area (Å²) in [6, 6.07) is 13.7. The number of hydrogen-bond donors (Lipinski definition) is 2. The molecule has 5 heteroatoms. The monoisotopic (exact) mass is 354 g/mol. The van der Waals surface area contributed by atoms with Gasteiger partial charge in [0.1, 0.15) is 0 Å². The molecule has 0 spiro atoms. The first-order valence-corrected chi connectivity index (χ1v) is 9.49. The van der Waals surface area contributed by atoms with E-state index >= 15 is 0 Å². The molecule has 25 heavy (non-hydrogen) atoms. The molecule has 0 saturated heterocycles. The van der Waals surface area contributed by atoms with Crippen molar-refractivity contribution in [1.82, 2.24) is 5.32 Å². The average Bonchev–Trinajstić information content (AvgIpc) is 2.80. The average molecular weight is 354 g/mol. The number of benzene rings is 2. The lowest BCUT2D eigenvalue weighted by Gasteiger charge is -2.18. The molecule has 0 radical (unpaired) electrons. The Balaban J connectivity index is 1.78. The summed E-state index contributed by atoms with van der Waals surface area (Å²) >= 11 is 1.64. The first kappa shape index (κ1) is 17.5. The van der Waals surface area contributed by atoms with Crippen LogP contribution in [0.1, 0.15) is 47.3 Å². The van der Waals surface area contributed by atoms with Crippen LogP contribution in [-0.4, -0.2) is 17.6 Å². The second kappa shape index (κ2) is 7.74. The van der Waals surface area contributed by atoms with E-state index in [1.165, 1.54) is 5.56 Å². The quantitative estimate of drug-likeness (QED) is 0.860. The number of nitrogens with one attached hydrogen (secondary N) is 2. The van der Waals surface area contributed by atoms with Gasteiger partial charge in [-0.3, -0.25) is 9.59 Å². The van der Waals surface area contributed by atoms with Crippen molar-refractivity contribution in [1.29, 1.82) is 0 Å². The van der Waals surface area contributed by atoms with Crippen molar-refractivity contribution in [3.63, 3.8) is 0 Å². The van der Waals surface area contributed by atoms with E-state index in [4.69, 9.17) is 0 Å². The zero-order valence-corrected chi connectivity index (χ0v) is 15.3. The second-order valence-electron chi connectivity index (χ2n) is 6.20. The fraction of sp³-hybridized carbons (Fsp3) is 0.300. The fourth-order valence-corrected chi connectivity index (χ4v) is 3.76. The van der Waals surface area contributed by atoms with E-state index in [1.54, 1.807) is 17.8 Å². The highest BCUT2D eigenvalue weighted by molar-refractivity contribution is 7.99. The molecule has 2 N–H and O–H groups in total. The number of rotatable bonds is 4. The number of carbonyl (C=O) groups excluding carboxylic acids is 2. The van der Waals surface area contributed by atoms with Gasteiger partial charge in [-0.25, -0.2) is 0 Å². The molecule has 0 saturated carbocycles. The third-order valence-corrected chi connectivity index (χ3v) is 5.37. The standard InChI is InChI=1S/C20H22N2O2S/c1-3-16(14-6-4-13(2)5-7-14)22-20(24)15-8-9-18-17(12-15)21-19(23)10-11-25-18/h4-9,12,16H,3,10-11H2,1-2H3,(H,21,23)(H,22,24).